The fraction of sp³-hybridized carbons (Fsp3) is 0.875. The predicted molar refractivity (Wildman–Crippen MR) is 89.7 cm³/mol. The molecule has 1 aromatic heterocycles. The summed E-state index contributed by atoms with van der Waals surface area (Å²) in [5.41, 5.74) is 2.07. The van der Waals surface area contributed by atoms with Gasteiger partial charge < -0.3 is 0 Å². The summed E-state index contributed by atoms with van der Waals surface area (Å²) in [5, 5.41) is 10.3. The number of aromatic amines is 1. The molecule has 1 heterocycles. The van der Waals surface area contributed by atoms with Gasteiger partial charge >= 0.3 is 0 Å². The van der Waals surface area contributed by atoms with Gasteiger partial charge in [0.1, 0.15) is 0 Å². The van der Waals surface area contributed by atoms with Crippen molar-refractivity contribution in [3.8, 4) is 0 Å². The Kier molecular flexibility index (Phi) is 42.5. The summed E-state index contributed by atoms with van der Waals surface area (Å²) in [6.45, 7) is 20.6. The monoisotopic (exact) mass is 273 g/mol. The minimum Gasteiger partial charge on any atom is -0.197 e. The third-order valence-corrected chi connectivity index (χ3v) is 1.66. The van der Waals surface area contributed by atoms with Gasteiger partial charge in [-0.1, -0.05) is 81.6 Å². The molecular formula is C16H39N3. The molecule has 1 aromatic rings. The molecule has 1 N–H and O–H groups in total. The van der Waals surface area contributed by atoms with Crippen molar-refractivity contribution in [2.75, 3.05) is 0 Å². The normalized spacial score (nSPS) is 7.26. The number of H-pyrrole nitrogens is 1. The highest BCUT2D eigenvalue weighted by atomic mass is 15.3. The third-order valence-electron chi connectivity index (χ3n) is 1.66. The van der Waals surface area contributed by atoms with E-state index in [9.17, 15) is 0 Å². The Balaban J connectivity index is -0.0000000877. The number of aromatic nitrogens is 3. The van der Waals surface area contributed by atoms with Gasteiger partial charge in [-0.15, -0.1) is 0 Å². The topological polar surface area (TPSA) is 41.6 Å². The Morgan fingerprint density at radius 1 is 0.789 bits per heavy atom. The second kappa shape index (κ2) is 30.3. The van der Waals surface area contributed by atoms with Crippen molar-refractivity contribution in [3.05, 3.63) is 11.4 Å². The highest BCUT2D eigenvalue weighted by Crippen LogP contribution is 1.96. The van der Waals surface area contributed by atoms with E-state index in [1.54, 1.807) is 0 Å². The lowest BCUT2D eigenvalue weighted by molar-refractivity contribution is 0.886. The second-order valence-corrected chi connectivity index (χ2v) is 3.42. The van der Waals surface area contributed by atoms with Crippen molar-refractivity contribution in [1.82, 2.24) is 15.4 Å². The summed E-state index contributed by atoms with van der Waals surface area (Å²) in [6.07, 6.45) is 4.85. The Hall–Kier alpha value is -0.860. The predicted octanol–water partition coefficient (Wildman–Crippen LogP) is 5.95. The second-order valence-electron chi connectivity index (χ2n) is 3.42. The molecule has 0 bridgehead atoms. The van der Waals surface area contributed by atoms with E-state index < -0.39 is 0 Å². The maximum absolute atomic E-state index is 3.90. The fourth-order valence-electron chi connectivity index (χ4n) is 0.641. The molecule has 0 atom stereocenters. The lowest BCUT2D eigenvalue weighted by atomic mass is 10.3. The zero-order chi connectivity index (χ0) is 16.1. The zero-order valence-corrected chi connectivity index (χ0v) is 15.2. The van der Waals surface area contributed by atoms with E-state index in [2.05, 4.69) is 50.0 Å². The van der Waals surface area contributed by atoms with Crippen LogP contribution in [0.5, 0.6) is 0 Å². The van der Waals surface area contributed by atoms with Gasteiger partial charge in [-0.05, 0) is 13.3 Å². The van der Waals surface area contributed by atoms with E-state index in [0.717, 1.165) is 17.8 Å². The molecule has 0 saturated heterocycles. The van der Waals surface area contributed by atoms with Crippen LogP contribution in [0.4, 0.5) is 0 Å². The summed E-state index contributed by atoms with van der Waals surface area (Å²) in [4.78, 5) is 0. The van der Waals surface area contributed by atoms with Crippen molar-refractivity contribution in [2.24, 2.45) is 0 Å². The lowest BCUT2D eigenvalue weighted by Crippen LogP contribution is -1.81. The van der Waals surface area contributed by atoms with Gasteiger partial charge in [0.25, 0.3) is 0 Å². The van der Waals surface area contributed by atoms with Gasteiger partial charge in [-0.25, -0.2) is 0 Å². The maximum Gasteiger partial charge on any atom is 0.0851 e. The Morgan fingerprint density at radius 3 is 1.26 bits per heavy atom. The molecule has 3 nitrogen and oxygen atoms in total. The molecule has 0 fully saturated rings. The van der Waals surface area contributed by atoms with Crippen LogP contribution in [0.3, 0.4) is 0 Å². The molecule has 118 valence electrons. The summed E-state index contributed by atoms with van der Waals surface area (Å²) in [7, 11) is 0. The van der Waals surface area contributed by atoms with Crippen LogP contribution in [-0.4, -0.2) is 15.4 Å². The number of hydrogen-bond acceptors (Lipinski definition) is 2. The Bertz CT molecular complexity index is 206. The molecular weight excluding hydrogens is 234 g/mol. The van der Waals surface area contributed by atoms with Crippen molar-refractivity contribution < 1.29 is 0 Å². The zero-order valence-electron chi connectivity index (χ0n) is 15.2. The van der Waals surface area contributed by atoms with Crippen LogP contribution in [-0.2, 0) is 6.42 Å². The van der Waals surface area contributed by atoms with E-state index in [-0.39, 0.29) is 0 Å². The van der Waals surface area contributed by atoms with Crippen molar-refractivity contribution in [1.29, 1.82) is 0 Å². The van der Waals surface area contributed by atoms with E-state index in [4.69, 9.17) is 0 Å². The first-order valence-electron chi connectivity index (χ1n) is 8.03. The Labute approximate surface area is 122 Å². The molecule has 1 rings (SSSR count). The number of aryl methyl sites for hydroxylation is 2. The summed E-state index contributed by atoms with van der Waals surface area (Å²) in [5.74, 6) is 0. The lowest BCUT2D eigenvalue weighted by Gasteiger charge is -1.82. The van der Waals surface area contributed by atoms with Crippen LogP contribution < -0.4 is 0 Å². The average molecular weight is 274 g/mol. The molecule has 0 aliphatic carbocycles. The van der Waals surface area contributed by atoms with Gasteiger partial charge in [0.15, 0.2) is 0 Å². The number of nitrogens with zero attached hydrogens (tertiary/aromatic N) is 2. The van der Waals surface area contributed by atoms with Gasteiger partial charge in [-0.3, -0.25) is 0 Å². The first-order valence-corrected chi connectivity index (χ1v) is 8.03. The quantitative estimate of drug-likeness (QED) is 0.723. The first-order chi connectivity index (χ1) is 9.17. The minimum atomic E-state index is 0.961. The molecule has 0 unspecified atom stereocenters. The SMILES string of the molecule is CC.CC.CCC.CCCC.CCc1n[nH]nc1C. The molecule has 0 amide bonds. The van der Waals surface area contributed by atoms with E-state index in [1.807, 2.05) is 34.6 Å². The largest absolute Gasteiger partial charge is 0.197 e. The van der Waals surface area contributed by atoms with Crippen molar-refractivity contribution in [2.45, 2.75) is 94.9 Å². The van der Waals surface area contributed by atoms with Crippen LogP contribution in [0, 0.1) is 6.92 Å². The van der Waals surface area contributed by atoms with Gasteiger partial charge in [0.2, 0.25) is 0 Å². The fourth-order valence-corrected chi connectivity index (χ4v) is 0.641. The first kappa shape index (κ1) is 26.7. The number of unbranched alkanes of at least 4 members (excludes halogenated alkanes) is 1. The summed E-state index contributed by atoms with van der Waals surface area (Å²) < 4.78 is 0. The average Bonchev–Trinajstić information content (AvgIpc) is 2.90. The van der Waals surface area contributed by atoms with E-state index >= 15 is 0 Å². The molecule has 0 aliphatic rings. The smallest absolute Gasteiger partial charge is 0.0851 e. The molecule has 3 heteroatoms. The van der Waals surface area contributed by atoms with E-state index in [1.165, 1.54) is 19.3 Å². The maximum atomic E-state index is 3.90. The molecule has 0 aliphatic heterocycles. The summed E-state index contributed by atoms with van der Waals surface area (Å²) in [6, 6.07) is 0. The summed E-state index contributed by atoms with van der Waals surface area (Å²) >= 11 is 0. The van der Waals surface area contributed by atoms with Crippen LogP contribution in [0.1, 0.15) is 93.0 Å². The molecule has 0 saturated carbocycles. The van der Waals surface area contributed by atoms with Crippen LogP contribution >= 0.6 is 0 Å². The van der Waals surface area contributed by atoms with Crippen LogP contribution in [0.25, 0.3) is 0 Å². The number of nitrogens with one attached hydrogen (secondary N) is 1. The van der Waals surface area contributed by atoms with Gasteiger partial charge in [-0.2, -0.15) is 15.4 Å². The van der Waals surface area contributed by atoms with E-state index in [0.29, 0.717) is 0 Å². The van der Waals surface area contributed by atoms with Gasteiger partial charge in [0, 0.05) is 0 Å². The molecule has 0 aromatic carbocycles. The molecule has 19 heavy (non-hydrogen) atoms. The standard InChI is InChI=1S/C5H9N3.C4H10.C3H8.2C2H6/c1-3-5-4(2)6-8-7-5;1-3-4-2;1-3-2;2*1-2/h3H2,1-2H3,(H,6,7,8);3-4H2,1-2H3;3H2,1-2H3;2*1-2H3. The van der Waals surface area contributed by atoms with Crippen molar-refractivity contribution in [3.63, 3.8) is 0 Å². The third kappa shape index (κ3) is 26.7. The molecule has 0 spiro atoms. The Morgan fingerprint density at radius 2 is 1.16 bits per heavy atom. The van der Waals surface area contributed by atoms with Crippen LogP contribution in [0.2, 0.25) is 0 Å². The molecule has 0 radical (unpaired) electrons. The van der Waals surface area contributed by atoms with Gasteiger partial charge in [0.05, 0.1) is 11.4 Å². The number of hydrogen-bond donors (Lipinski definition) is 1. The number of rotatable bonds is 2. The van der Waals surface area contributed by atoms with Crippen molar-refractivity contribution >= 4 is 0 Å². The highest BCUT2D eigenvalue weighted by molar-refractivity contribution is 5.04. The highest BCUT2D eigenvalue weighted by Gasteiger charge is 1.95. The minimum absolute atomic E-state index is 0.961. The van der Waals surface area contributed by atoms with Crippen LogP contribution in [0.15, 0.2) is 0 Å².